The van der Waals surface area contributed by atoms with E-state index in [9.17, 15) is 16.8 Å². The van der Waals surface area contributed by atoms with Crippen molar-refractivity contribution in [3.05, 3.63) is 5.69 Å². The highest BCUT2D eigenvalue weighted by Gasteiger charge is 2.35. The summed E-state index contributed by atoms with van der Waals surface area (Å²) in [6.07, 6.45) is 0. The van der Waals surface area contributed by atoms with Gasteiger partial charge in [0.25, 0.3) is 10.2 Å². The van der Waals surface area contributed by atoms with Crippen LogP contribution < -0.4 is 10.9 Å². The van der Waals surface area contributed by atoms with Crippen molar-refractivity contribution in [2.75, 3.05) is 31.9 Å². The Morgan fingerprint density at radius 2 is 1.52 bits per heavy atom. The lowest BCUT2D eigenvalue weighted by Crippen LogP contribution is -2.52. The first-order valence-corrected chi connectivity index (χ1v) is 9.06. The van der Waals surface area contributed by atoms with Gasteiger partial charge in [-0.1, -0.05) is 0 Å². The Labute approximate surface area is 123 Å². The molecule has 1 aliphatic heterocycles. The number of rotatable bonds is 3. The maximum Gasteiger partial charge on any atom is 0.276 e. The fraction of sp³-hybridized carbons (Fsp3) is 0.667. The zero-order chi connectivity index (χ0) is 16.0. The zero-order valence-corrected chi connectivity index (χ0v) is 13.4. The second kappa shape index (κ2) is 5.21. The van der Waals surface area contributed by atoms with Crippen molar-refractivity contribution in [3.8, 4) is 0 Å². The highest BCUT2D eigenvalue weighted by Crippen LogP contribution is 2.26. The van der Waals surface area contributed by atoms with Crippen molar-refractivity contribution in [2.24, 2.45) is 12.2 Å². The van der Waals surface area contributed by atoms with E-state index in [-0.39, 0.29) is 36.9 Å². The zero-order valence-electron chi connectivity index (χ0n) is 11.7. The molecule has 1 aromatic heterocycles. The summed E-state index contributed by atoms with van der Waals surface area (Å²) in [7, 11) is -6.01. The van der Waals surface area contributed by atoms with Gasteiger partial charge in [-0.05, 0) is 6.92 Å². The van der Waals surface area contributed by atoms with Gasteiger partial charge >= 0.3 is 0 Å². The quantitative estimate of drug-likeness (QED) is 0.641. The fourth-order valence-corrected chi connectivity index (χ4v) is 4.61. The fourth-order valence-electron chi connectivity index (χ4n) is 2.23. The van der Waals surface area contributed by atoms with Gasteiger partial charge in [-0.2, -0.15) is 22.1 Å². The van der Waals surface area contributed by atoms with Crippen LogP contribution in [0.25, 0.3) is 0 Å². The van der Waals surface area contributed by atoms with Gasteiger partial charge < -0.3 is 5.73 Å². The van der Waals surface area contributed by atoms with Gasteiger partial charge in [-0.25, -0.2) is 13.6 Å². The Balaban J connectivity index is 2.27. The SMILES string of the molecule is Cc1c(S(=O)(=O)N2CCN(S(N)(=O)=O)CC2)c(N)nn1C. The molecule has 1 saturated heterocycles. The smallest absolute Gasteiger partial charge is 0.276 e. The Morgan fingerprint density at radius 3 is 1.90 bits per heavy atom. The van der Waals surface area contributed by atoms with Gasteiger partial charge in [-0.15, -0.1) is 0 Å². The molecule has 2 rings (SSSR count). The summed E-state index contributed by atoms with van der Waals surface area (Å²) in [6, 6.07) is 0. The highest BCUT2D eigenvalue weighted by atomic mass is 32.2. The molecule has 0 radical (unpaired) electrons. The van der Waals surface area contributed by atoms with Crippen molar-refractivity contribution in [3.63, 3.8) is 0 Å². The molecule has 0 atom stereocenters. The number of aromatic nitrogens is 2. The normalized spacial score (nSPS) is 19.0. The number of hydrogen-bond acceptors (Lipinski definition) is 6. The average molecular weight is 338 g/mol. The van der Waals surface area contributed by atoms with E-state index in [1.54, 1.807) is 14.0 Å². The molecule has 21 heavy (non-hydrogen) atoms. The predicted octanol–water partition coefficient (Wildman–Crippen LogP) is -2.18. The number of nitrogens with two attached hydrogens (primary N) is 2. The Hall–Kier alpha value is -1.21. The molecule has 0 amide bonds. The van der Waals surface area contributed by atoms with Crippen LogP contribution in [0.15, 0.2) is 4.90 Å². The lowest BCUT2D eigenvalue weighted by molar-refractivity contribution is 0.273. The number of anilines is 1. The molecule has 12 heteroatoms. The molecular weight excluding hydrogens is 320 g/mol. The molecule has 1 fully saturated rings. The molecule has 2 heterocycles. The van der Waals surface area contributed by atoms with Crippen LogP contribution in [0.4, 0.5) is 5.82 Å². The van der Waals surface area contributed by atoms with Crippen LogP contribution in [0.5, 0.6) is 0 Å². The minimum atomic E-state index is -3.81. The summed E-state index contributed by atoms with van der Waals surface area (Å²) in [5.41, 5.74) is 6.10. The van der Waals surface area contributed by atoms with Crippen LogP contribution in [0.3, 0.4) is 0 Å². The third-order valence-electron chi connectivity index (χ3n) is 3.46. The van der Waals surface area contributed by atoms with Crippen LogP contribution in [-0.4, -0.2) is 61.4 Å². The van der Waals surface area contributed by atoms with E-state index >= 15 is 0 Å². The van der Waals surface area contributed by atoms with Crippen molar-refractivity contribution in [1.29, 1.82) is 0 Å². The number of sulfonamides is 1. The van der Waals surface area contributed by atoms with Crippen LogP contribution in [0.1, 0.15) is 5.69 Å². The number of aryl methyl sites for hydroxylation is 1. The third kappa shape index (κ3) is 2.89. The standard InChI is InChI=1S/C9H18N6O4S2/c1-7-8(9(10)12-13(7)2)20(16,17)14-3-5-15(6-4-14)21(11,18)19/h3-6H2,1-2H3,(H2,10,12)(H2,11,18,19). The van der Waals surface area contributed by atoms with Gasteiger partial charge in [0.05, 0.1) is 5.69 Å². The second-order valence-electron chi connectivity index (χ2n) is 4.77. The summed E-state index contributed by atoms with van der Waals surface area (Å²) >= 11 is 0. The van der Waals surface area contributed by atoms with Crippen LogP contribution >= 0.6 is 0 Å². The van der Waals surface area contributed by atoms with Crippen molar-refractivity contribution in [2.45, 2.75) is 11.8 Å². The molecule has 0 bridgehead atoms. The second-order valence-corrected chi connectivity index (χ2v) is 8.19. The maximum absolute atomic E-state index is 12.6. The van der Waals surface area contributed by atoms with Crippen LogP contribution in [0.2, 0.25) is 0 Å². The van der Waals surface area contributed by atoms with E-state index < -0.39 is 20.2 Å². The topological polar surface area (TPSA) is 145 Å². The number of nitrogen functional groups attached to an aromatic ring is 1. The van der Waals surface area contributed by atoms with Gasteiger partial charge in [-0.3, -0.25) is 4.68 Å². The summed E-state index contributed by atoms with van der Waals surface area (Å²) in [5.74, 6) is -0.0659. The van der Waals surface area contributed by atoms with E-state index in [4.69, 9.17) is 10.9 Å². The molecule has 0 spiro atoms. The van der Waals surface area contributed by atoms with E-state index in [0.717, 1.165) is 4.31 Å². The van der Waals surface area contributed by atoms with E-state index in [1.165, 1.54) is 8.99 Å². The van der Waals surface area contributed by atoms with Gasteiger partial charge in [0, 0.05) is 33.2 Å². The largest absolute Gasteiger partial charge is 0.381 e. The van der Waals surface area contributed by atoms with E-state index in [2.05, 4.69) is 5.10 Å². The first-order valence-electron chi connectivity index (χ1n) is 6.12. The van der Waals surface area contributed by atoms with Crippen molar-refractivity contribution in [1.82, 2.24) is 18.4 Å². The average Bonchev–Trinajstić information content (AvgIpc) is 2.62. The minimum absolute atomic E-state index is 0.0112. The lowest BCUT2D eigenvalue weighted by atomic mass is 10.4. The molecule has 1 aromatic rings. The Morgan fingerprint density at radius 1 is 1.05 bits per heavy atom. The first-order chi connectivity index (χ1) is 9.55. The predicted molar refractivity (Wildman–Crippen MR) is 75.8 cm³/mol. The summed E-state index contributed by atoms with van der Waals surface area (Å²) in [6.45, 7) is 1.67. The molecule has 0 aliphatic carbocycles. The lowest BCUT2D eigenvalue weighted by Gasteiger charge is -2.32. The minimum Gasteiger partial charge on any atom is -0.381 e. The maximum atomic E-state index is 12.6. The van der Waals surface area contributed by atoms with Gasteiger partial charge in [0.15, 0.2) is 5.82 Å². The Kier molecular flexibility index (Phi) is 4.01. The van der Waals surface area contributed by atoms with Crippen molar-refractivity contribution < 1.29 is 16.8 Å². The molecule has 120 valence electrons. The summed E-state index contributed by atoms with van der Waals surface area (Å²) in [4.78, 5) is -0.0333. The van der Waals surface area contributed by atoms with Gasteiger partial charge in [0.2, 0.25) is 10.0 Å². The molecular formula is C9H18N6O4S2. The molecule has 10 nitrogen and oxygen atoms in total. The number of hydrogen-bond donors (Lipinski definition) is 2. The van der Waals surface area contributed by atoms with Crippen LogP contribution in [-0.2, 0) is 27.3 Å². The molecule has 0 saturated carbocycles. The van der Waals surface area contributed by atoms with Crippen LogP contribution in [0, 0.1) is 6.92 Å². The molecule has 0 aromatic carbocycles. The Bertz CT molecular complexity index is 745. The third-order valence-corrected chi connectivity index (χ3v) is 6.61. The molecule has 0 unspecified atom stereocenters. The first kappa shape index (κ1) is 16.2. The van der Waals surface area contributed by atoms with Crippen molar-refractivity contribution >= 4 is 26.1 Å². The molecule has 4 N–H and O–H groups in total. The molecule has 1 aliphatic rings. The van der Waals surface area contributed by atoms with E-state index in [0.29, 0.717) is 5.69 Å². The number of piperazine rings is 1. The summed E-state index contributed by atoms with van der Waals surface area (Å²) in [5, 5.41) is 8.91. The monoisotopic (exact) mass is 338 g/mol. The number of nitrogens with zero attached hydrogens (tertiary/aromatic N) is 4. The van der Waals surface area contributed by atoms with Gasteiger partial charge in [0.1, 0.15) is 4.90 Å². The summed E-state index contributed by atoms with van der Waals surface area (Å²) < 4.78 is 51.3. The van der Waals surface area contributed by atoms with E-state index in [1.807, 2.05) is 0 Å². The highest BCUT2D eigenvalue weighted by molar-refractivity contribution is 7.89.